The first-order valence-electron chi connectivity index (χ1n) is 6.20. The number of rotatable bonds is 8. The number of ether oxygens (including phenoxy) is 3. The third-order valence-electron chi connectivity index (χ3n) is 2.40. The Labute approximate surface area is 109 Å². The molecule has 0 amide bonds. The monoisotopic (exact) mass is 253 g/mol. The first kappa shape index (κ1) is 14.8. The van der Waals surface area contributed by atoms with Crippen LogP contribution >= 0.6 is 0 Å². The summed E-state index contributed by atoms with van der Waals surface area (Å²) in [6.45, 7) is 6.35. The fourth-order valence-electron chi connectivity index (χ4n) is 1.58. The van der Waals surface area contributed by atoms with Gasteiger partial charge in [0.2, 0.25) is 0 Å². The van der Waals surface area contributed by atoms with Gasteiger partial charge in [0.25, 0.3) is 0 Å². The van der Waals surface area contributed by atoms with Gasteiger partial charge in [-0.3, -0.25) is 0 Å². The zero-order chi connectivity index (χ0) is 13.4. The summed E-state index contributed by atoms with van der Waals surface area (Å²) in [6, 6.07) is 5.98. The summed E-state index contributed by atoms with van der Waals surface area (Å²) in [5.41, 5.74) is 1.17. The van der Waals surface area contributed by atoms with E-state index in [2.05, 4.69) is 5.32 Å². The highest BCUT2D eigenvalue weighted by Crippen LogP contribution is 2.28. The molecule has 4 heteroatoms. The lowest BCUT2D eigenvalue weighted by molar-refractivity contribution is 0.199. The van der Waals surface area contributed by atoms with Crippen molar-refractivity contribution in [2.45, 2.75) is 26.5 Å². The maximum absolute atomic E-state index is 5.73. The molecule has 0 fully saturated rings. The smallest absolute Gasteiger partial charge is 0.161 e. The lowest BCUT2D eigenvalue weighted by Gasteiger charge is -2.15. The van der Waals surface area contributed by atoms with E-state index in [-0.39, 0.29) is 6.10 Å². The van der Waals surface area contributed by atoms with Crippen LogP contribution < -0.4 is 14.8 Å². The molecule has 1 aromatic carbocycles. The molecule has 1 N–H and O–H groups in total. The fraction of sp³-hybridized carbons (Fsp3) is 0.571. The van der Waals surface area contributed by atoms with Crippen molar-refractivity contribution in [1.82, 2.24) is 5.32 Å². The van der Waals surface area contributed by atoms with Crippen LogP contribution in [0.25, 0.3) is 0 Å². The van der Waals surface area contributed by atoms with Crippen molar-refractivity contribution in [2.24, 2.45) is 0 Å². The molecule has 1 rings (SSSR count). The Morgan fingerprint density at radius 3 is 2.56 bits per heavy atom. The molecule has 0 aromatic heterocycles. The number of benzene rings is 1. The van der Waals surface area contributed by atoms with Gasteiger partial charge in [0.05, 0.1) is 19.8 Å². The van der Waals surface area contributed by atoms with Gasteiger partial charge in [-0.25, -0.2) is 0 Å². The summed E-state index contributed by atoms with van der Waals surface area (Å²) >= 11 is 0. The molecule has 0 bridgehead atoms. The van der Waals surface area contributed by atoms with Gasteiger partial charge in [-0.15, -0.1) is 0 Å². The first-order chi connectivity index (χ1) is 8.67. The predicted octanol–water partition coefficient (Wildman–Crippen LogP) is 2.22. The molecule has 0 unspecified atom stereocenters. The quantitative estimate of drug-likeness (QED) is 0.721. The van der Waals surface area contributed by atoms with Crippen LogP contribution in [0.2, 0.25) is 0 Å². The maximum atomic E-state index is 5.73. The summed E-state index contributed by atoms with van der Waals surface area (Å²) in [6.07, 6.45) is 0.135. The summed E-state index contributed by atoms with van der Waals surface area (Å²) in [5.74, 6) is 1.56. The van der Waals surface area contributed by atoms with Gasteiger partial charge in [-0.05, 0) is 31.5 Å². The van der Waals surface area contributed by atoms with Crippen molar-refractivity contribution in [1.29, 1.82) is 0 Å². The predicted molar refractivity (Wildman–Crippen MR) is 72.3 cm³/mol. The maximum Gasteiger partial charge on any atom is 0.161 e. The average molecular weight is 253 g/mol. The van der Waals surface area contributed by atoms with Crippen LogP contribution in [-0.4, -0.2) is 33.5 Å². The average Bonchev–Trinajstić information content (AvgIpc) is 2.34. The number of methoxy groups -OCH3 is 2. The normalized spacial score (nSPS) is 10.7. The molecule has 0 atom stereocenters. The molecular weight excluding hydrogens is 230 g/mol. The molecule has 1 aromatic rings. The highest BCUT2D eigenvalue weighted by molar-refractivity contribution is 5.43. The molecule has 0 spiro atoms. The van der Waals surface area contributed by atoms with Gasteiger partial charge in [0.1, 0.15) is 0 Å². The second-order valence-electron chi connectivity index (χ2n) is 4.32. The largest absolute Gasteiger partial charge is 0.493 e. The first-order valence-corrected chi connectivity index (χ1v) is 6.20. The Morgan fingerprint density at radius 2 is 1.94 bits per heavy atom. The Morgan fingerprint density at radius 1 is 1.17 bits per heavy atom. The zero-order valence-corrected chi connectivity index (χ0v) is 11.7. The van der Waals surface area contributed by atoms with Gasteiger partial charge in [-0.1, -0.05) is 6.07 Å². The van der Waals surface area contributed by atoms with Crippen LogP contribution in [0.1, 0.15) is 19.4 Å². The standard InChI is InChI=1S/C14H23NO3/c1-11(2)18-14-9-12(5-6-13(14)17-4)10-15-7-8-16-3/h5-6,9,11,15H,7-8,10H2,1-4H3. The Kier molecular flexibility index (Phi) is 6.54. The van der Waals surface area contributed by atoms with E-state index in [4.69, 9.17) is 14.2 Å². The van der Waals surface area contributed by atoms with Crippen molar-refractivity contribution in [2.75, 3.05) is 27.4 Å². The second kappa shape index (κ2) is 7.95. The molecule has 0 aliphatic carbocycles. The number of nitrogens with one attached hydrogen (secondary N) is 1. The van der Waals surface area contributed by atoms with Crippen molar-refractivity contribution in [3.63, 3.8) is 0 Å². The van der Waals surface area contributed by atoms with E-state index in [0.717, 1.165) is 24.6 Å². The number of hydrogen-bond donors (Lipinski definition) is 1. The van der Waals surface area contributed by atoms with Crippen LogP contribution in [-0.2, 0) is 11.3 Å². The van der Waals surface area contributed by atoms with Gasteiger partial charge in [-0.2, -0.15) is 0 Å². The van der Waals surface area contributed by atoms with Crippen LogP contribution in [0.5, 0.6) is 11.5 Å². The fourth-order valence-corrected chi connectivity index (χ4v) is 1.58. The highest BCUT2D eigenvalue weighted by atomic mass is 16.5. The van der Waals surface area contributed by atoms with Crippen LogP contribution in [0.15, 0.2) is 18.2 Å². The molecule has 0 aliphatic rings. The molecule has 0 saturated heterocycles. The van der Waals surface area contributed by atoms with Gasteiger partial charge >= 0.3 is 0 Å². The van der Waals surface area contributed by atoms with Crippen LogP contribution in [0.4, 0.5) is 0 Å². The van der Waals surface area contributed by atoms with Crippen LogP contribution in [0.3, 0.4) is 0 Å². The van der Waals surface area contributed by atoms with E-state index >= 15 is 0 Å². The lowest BCUT2D eigenvalue weighted by Crippen LogP contribution is -2.18. The van der Waals surface area contributed by atoms with E-state index in [1.807, 2.05) is 32.0 Å². The molecule has 4 nitrogen and oxygen atoms in total. The Bertz CT molecular complexity index is 353. The van der Waals surface area contributed by atoms with Gasteiger partial charge in [0, 0.05) is 20.2 Å². The van der Waals surface area contributed by atoms with Crippen molar-refractivity contribution in [3.05, 3.63) is 23.8 Å². The second-order valence-corrected chi connectivity index (χ2v) is 4.32. The van der Waals surface area contributed by atoms with E-state index in [1.54, 1.807) is 14.2 Å². The third-order valence-corrected chi connectivity index (χ3v) is 2.40. The minimum absolute atomic E-state index is 0.135. The van der Waals surface area contributed by atoms with Crippen molar-refractivity contribution in [3.8, 4) is 11.5 Å². The van der Waals surface area contributed by atoms with E-state index in [9.17, 15) is 0 Å². The SMILES string of the molecule is COCCNCc1ccc(OC)c(OC(C)C)c1. The molecule has 102 valence electrons. The van der Waals surface area contributed by atoms with Gasteiger partial charge in [0.15, 0.2) is 11.5 Å². The van der Waals surface area contributed by atoms with E-state index in [0.29, 0.717) is 6.61 Å². The Balaban J connectivity index is 2.63. The minimum Gasteiger partial charge on any atom is -0.493 e. The van der Waals surface area contributed by atoms with Crippen molar-refractivity contribution >= 4 is 0 Å². The third kappa shape index (κ3) is 4.94. The molecule has 18 heavy (non-hydrogen) atoms. The zero-order valence-electron chi connectivity index (χ0n) is 11.7. The molecule has 0 heterocycles. The summed E-state index contributed by atoms with van der Waals surface area (Å²) in [4.78, 5) is 0. The van der Waals surface area contributed by atoms with Crippen molar-refractivity contribution < 1.29 is 14.2 Å². The molecule has 0 radical (unpaired) electrons. The van der Waals surface area contributed by atoms with E-state index < -0.39 is 0 Å². The summed E-state index contributed by atoms with van der Waals surface area (Å²) in [7, 11) is 3.35. The minimum atomic E-state index is 0.135. The summed E-state index contributed by atoms with van der Waals surface area (Å²) < 4.78 is 16.0. The highest BCUT2D eigenvalue weighted by Gasteiger charge is 2.07. The van der Waals surface area contributed by atoms with E-state index in [1.165, 1.54) is 5.56 Å². The molecule has 0 saturated carbocycles. The van der Waals surface area contributed by atoms with Gasteiger partial charge < -0.3 is 19.5 Å². The number of hydrogen-bond acceptors (Lipinski definition) is 4. The van der Waals surface area contributed by atoms with Crippen LogP contribution in [0, 0.1) is 0 Å². The molecular formula is C14H23NO3. The Hall–Kier alpha value is -1.26. The topological polar surface area (TPSA) is 39.7 Å². The summed E-state index contributed by atoms with van der Waals surface area (Å²) in [5, 5.41) is 3.30. The molecule has 0 aliphatic heterocycles. The lowest BCUT2D eigenvalue weighted by atomic mass is 10.2.